The number of likely N-dealkylation sites (N-methyl/N-ethyl adjacent to an activating group) is 1. The highest BCUT2D eigenvalue weighted by atomic mass is 16.5. The van der Waals surface area contributed by atoms with Crippen LogP contribution in [0.5, 0.6) is 11.5 Å². The number of aliphatic hydroxyl groups is 1. The molecule has 0 spiro atoms. The molecule has 0 aliphatic carbocycles. The molecule has 1 aliphatic rings. The van der Waals surface area contributed by atoms with E-state index in [1.165, 1.54) is 0 Å². The number of hydrogen-bond donors (Lipinski definition) is 1. The van der Waals surface area contributed by atoms with Crippen LogP contribution in [0.25, 0.3) is 0 Å². The van der Waals surface area contributed by atoms with Crippen molar-refractivity contribution in [3.8, 4) is 11.5 Å². The second kappa shape index (κ2) is 7.47. The van der Waals surface area contributed by atoms with E-state index < -0.39 is 6.10 Å². The van der Waals surface area contributed by atoms with Crippen molar-refractivity contribution < 1.29 is 14.6 Å². The number of methoxy groups -OCH3 is 1. The first-order valence-electron chi connectivity index (χ1n) is 7.03. The highest BCUT2D eigenvalue weighted by Gasteiger charge is 2.17. The zero-order valence-electron chi connectivity index (χ0n) is 12.3. The molecule has 0 saturated carbocycles. The van der Waals surface area contributed by atoms with E-state index in [0.717, 1.165) is 37.7 Å². The number of benzene rings is 1. The smallest absolute Gasteiger partial charge is 0.123 e. The fraction of sp³-hybridized carbons (Fsp3) is 0.600. The predicted molar refractivity (Wildman–Crippen MR) is 78.4 cm³/mol. The molecule has 2 rings (SSSR count). The fourth-order valence-corrected chi connectivity index (χ4v) is 2.26. The second-order valence-corrected chi connectivity index (χ2v) is 5.25. The summed E-state index contributed by atoms with van der Waals surface area (Å²) >= 11 is 0. The quantitative estimate of drug-likeness (QED) is 0.830. The molecule has 1 saturated heterocycles. The molecule has 1 fully saturated rings. The van der Waals surface area contributed by atoms with Crippen LogP contribution in [-0.4, -0.2) is 74.5 Å². The van der Waals surface area contributed by atoms with E-state index in [0.29, 0.717) is 13.2 Å². The van der Waals surface area contributed by atoms with Gasteiger partial charge in [0.15, 0.2) is 0 Å². The van der Waals surface area contributed by atoms with Crippen molar-refractivity contribution in [3.63, 3.8) is 0 Å². The first-order valence-corrected chi connectivity index (χ1v) is 7.03. The van der Waals surface area contributed by atoms with Gasteiger partial charge in [-0.25, -0.2) is 0 Å². The van der Waals surface area contributed by atoms with Gasteiger partial charge in [-0.05, 0) is 19.2 Å². The van der Waals surface area contributed by atoms with Crippen molar-refractivity contribution >= 4 is 0 Å². The number of piperazine rings is 1. The molecule has 1 aromatic rings. The maximum atomic E-state index is 10.0. The lowest BCUT2D eigenvalue weighted by molar-refractivity contribution is 0.0504. The molecule has 0 bridgehead atoms. The zero-order chi connectivity index (χ0) is 14.4. The van der Waals surface area contributed by atoms with Crippen LogP contribution in [0.1, 0.15) is 0 Å². The minimum Gasteiger partial charge on any atom is -0.497 e. The van der Waals surface area contributed by atoms with Crippen LogP contribution in [0.15, 0.2) is 24.3 Å². The predicted octanol–water partition coefficient (Wildman–Crippen LogP) is 0.682. The lowest BCUT2D eigenvalue weighted by atomic mass is 10.2. The average Bonchev–Trinajstić information content (AvgIpc) is 2.48. The summed E-state index contributed by atoms with van der Waals surface area (Å²) in [5.74, 6) is 1.48. The van der Waals surface area contributed by atoms with Crippen molar-refractivity contribution in [1.82, 2.24) is 9.80 Å². The summed E-state index contributed by atoms with van der Waals surface area (Å²) in [6, 6.07) is 7.43. The molecule has 5 heteroatoms. The van der Waals surface area contributed by atoms with Gasteiger partial charge in [-0.2, -0.15) is 0 Å². The summed E-state index contributed by atoms with van der Waals surface area (Å²) in [6.45, 7) is 5.10. The SMILES string of the molecule is COc1cccc(OC[C@H](O)CN2CCN(C)CC2)c1. The van der Waals surface area contributed by atoms with Gasteiger partial charge >= 0.3 is 0 Å². The van der Waals surface area contributed by atoms with E-state index in [1.54, 1.807) is 7.11 Å². The van der Waals surface area contributed by atoms with Crippen LogP contribution in [0, 0.1) is 0 Å². The van der Waals surface area contributed by atoms with Crippen LogP contribution < -0.4 is 9.47 Å². The lowest BCUT2D eigenvalue weighted by Gasteiger charge is -2.33. The van der Waals surface area contributed by atoms with Crippen molar-refractivity contribution in [3.05, 3.63) is 24.3 Å². The number of β-amino-alcohol motifs (C(OH)–C–C–N with tert-alkyl or cyclic N) is 1. The Hall–Kier alpha value is -1.30. The Kier molecular flexibility index (Phi) is 5.64. The third-order valence-corrected chi connectivity index (χ3v) is 3.55. The number of ether oxygens (including phenoxy) is 2. The first kappa shape index (κ1) is 15.1. The zero-order valence-corrected chi connectivity index (χ0v) is 12.3. The minimum absolute atomic E-state index is 0.305. The summed E-state index contributed by atoms with van der Waals surface area (Å²) in [5.41, 5.74) is 0. The highest BCUT2D eigenvalue weighted by Crippen LogP contribution is 2.18. The van der Waals surface area contributed by atoms with Crippen molar-refractivity contribution in [2.24, 2.45) is 0 Å². The molecule has 5 nitrogen and oxygen atoms in total. The van der Waals surface area contributed by atoms with Gasteiger partial charge in [-0.15, -0.1) is 0 Å². The van der Waals surface area contributed by atoms with Gasteiger partial charge in [-0.1, -0.05) is 6.07 Å². The van der Waals surface area contributed by atoms with Crippen molar-refractivity contribution in [2.45, 2.75) is 6.10 Å². The van der Waals surface area contributed by atoms with Gasteiger partial charge in [0.05, 0.1) is 7.11 Å². The maximum absolute atomic E-state index is 10.0. The van der Waals surface area contributed by atoms with Crippen LogP contribution in [-0.2, 0) is 0 Å². The Labute approximate surface area is 120 Å². The summed E-state index contributed by atoms with van der Waals surface area (Å²) < 4.78 is 10.7. The summed E-state index contributed by atoms with van der Waals surface area (Å²) in [4.78, 5) is 4.58. The summed E-state index contributed by atoms with van der Waals surface area (Å²) in [7, 11) is 3.75. The van der Waals surface area contributed by atoms with Gasteiger partial charge in [-0.3, -0.25) is 4.90 Å². The normalized spacial score (nSPS) is 18.8. The number of hydrogen-bond acceptors (Lipinski definition) is 5. The van der Waals surface area contributed by atoms with E-state index in [4.69, 9.17) is 9.47 Å². The summed E-state index contributed by atoms with van der Waals surface area (Å²) in [5, 5.41) is 10.0. The largest absolute Gasteiger partial charge is 0.497 e. The van der Waals surface area contributed by atoms with E-state index in [-0.39, 0.29) is 0 Å². The van der Waals surface area contributed by atoms with Crippen molar-refractivity contribution in [2.75, 3.05) is 53.5 Å². The molecule has 0 aromatic heterocycles. The molecule has 1 aliphatic heterocycles. The Balaban J connectivity index is 1.73. The van der Waals surface area contributed by atoms with Gasteiger partial charge in [0.25, 0.3) is 0 Å². The molecule has 0 radical (unpaired) electrons. The number of rotatable bonds is 6. The molecule has 1 aromatic carbocycles. The van der Waals surface area contributed by atoms with Crippen LogP contribution in [0.3, 0.4) is 0 Å². The minimum atomic E-state index is -0.468. The fourth-order valence-electron chi connectivity index (χ4n) is 2.26. The average molecular weight is 280 g/mol. The van der Waals surface area contributed by atoms with E-state index in [9.17, 15) is 5.11 Å². The number of aliphatic hydroxyl groups excluding tert-OH is 1. The highest BCUT2D eigenvalue weighted by molar-refractivity contribution is 5.32. The van der Waals surface area contributed by atoms with E-state index >= 15 is 0 Å². The molecule has 1 heterocycles. The first-order chi connectivity index (χ1) is 9.67. The van der Waals surface area contributed by atoms with Crippen LogP contribution >= 0.6 is 0 Å². The van der Waals surface area contributed by atoms with E-state index in [2.05, 4.69) is 16.8 Å². The van der Waals surface area contributed by atoms with E-state index in [1.807, 2.05) is 24.3 Å². The van der Waals surface area contributed by atoms with Crippen LogP contribution in [0.4, 0.5) is 0 Å². The molecule has 0 unspecified atom stereocenters. The van der Waals surface area contributed by atoms with Gasteiger partial charge in [0.2, 0.25) is 0 Å². The molecule has 112 valence electrons. The topological polar surface area (TPSA) is 45.2 Å². The van der Waals surface area contributed by atoms with Crippen LogP contribution in [0.2, 0.25) is 0 Å². The van der Waals surface area contributed by atoms with Gasteiger partial charge in [0.1, 0.15) is 24.2 Å². The van der Waals surface area contributed by atoms with Crippen molar-refractivity contribution in [1.29, 1.82) is 0 Å². The molecule has 0 amide bonds. The maximum Gasteiger partial charge on any atom is 0.123 e. The Bertz CT molecular complexity index is 406. The molecule has 1 atom stereocenters. The Morgan fingerprint density at radius 2 is 1.90 bits per heavy atom. The lowest BCUT2D eigenvalue weighted by Crippen LogP contribution is -2.47. The summed E-state index contributed by atoms with van der Waals surface area (Å²) in [6.07, 6.45) is -0.468. The molecule has 1 N–H and O–H groups in total. The number of nitrogens with zero attached hydrogens (tertiary/aromatic N) is 2. The second-order valence-electron chi connectivity index (χ2n) is 5.25. The Morgan fingerprint density at radius 3 is 2.60 bits per heavy atom. The monoisotopic (exact) mass is 280 g/mol. The standard InChI is InChI=1S/C15H24N2O3/c1-16-6-8-17(9-7-16)11-13(18)12-20-15-5-3-4-14(10-15)19-2/h3-5,10,13,18H,6-9,11-12H2,1-2H3/t13-/m1/s1. The Morgan fingerprint density at radius 1 is 1.20 bits per heavy atom. The molecular formula is C15H24N2O3. The molecule has 20 heavy (non-hydrogen) atoms. The molecular weight excluding hydrogens is 256 g/mol. The van der Waals surface area contributed by atoms with Gasteiger partial charge in [0, 0.05) is 38.8 Å². The van der Waals surface area contributed by atoms with Gasteiger partial charge < -0.3 is 19.5 Å². The third-order valence-electron chi connectivity index (χ3n) is 3.55. The third kappa shape index (κ3) is 4.67.